The quantitative estimate of drug-likeness (QED) is 0.336. The number of para-hydroxylation sites is 2. The lowest BCUT2D eigenvalue weighted by molar-refractivity contribution is -0.124. The molecular weight excluding hydrogens is 358 g/mol. The molecule has 0 saturated heterocycles. The maximum Gasteiger partial charge on any atom is 0.235 e. The van der Waals surface area contributed by atoms with Crippen LogP contribution in [0.15, 0.2) is 60.9 Å². The molecule has 4 heteroatoms. The van der Waals surface area contributed by atoms with Crippen LogP contribution < -0.4 is 5.32 Å². The number of aromatic amines is 2. The minimum atomic E-state index is -0.802. The third-order valence-corrected chi connectivity index (χ3v) is 6.03. The van der Waals surface area contributed by atoms with Crippen molar-refractivity contribution in [2.24, 2.45) is 0 Å². The first-order valence-corrected chi connectivity index (χ1v) is 10.6. The third-order valence-electron chi connectivity index (χ3n) is 6.03. The van der Waals surface area contributed by atoms with E-state index >= 15 is 0 Å². The first-order valence-electron chi connectivity index (χ1n) is 10.6. The van der Waals surface area contributed by atoms with Gasteiger partial charge in [-0.1, -0.05) is 62.6 Å². The summed E-state index contributed by atoms with van der Waals surface area (Å²) < 4.78 is 0. The predicted octanol–water partition coefficient (Wildman–Crippen LogP) is 5.65. The van der Waals surface area contributed by atoms with Gasteiger partial charge in [0.2, 0.25) is 5.91 Å². The number of hydrogen-bond acceptors (Lipinski definition) is 1. The molecule has 2 aromatic heterocycles. The largest absolute Gasteiger partial charge is 0.361 e. The number of benzene rings is 2. The van der Waals surface area contributed by atoms with Gasteiger partial charge >= 0.3 is 0 Å². The van der Waals surface area contributed by atoms with E-state index in [9.17, 15) is 4.79 Å². The predicted molar refractivity (Wildman–Crippen MR) is 120 cm³/mol. The van der Waals surface area contributed by atoms with Crippen LogP contribution in [0.3, 0.4) is 0 Å². The van der Waals surface area contributed by atoms with E-state index in [4.69, 9.17) is 0 Å². The first-order chi connectivity index (χ1) is 14.2. The van der Waals surface area contributed by atoms with E-state index in [-0.39, 0.29) is 5.91 Å². The number of H-pyrrole nitrogens is 2. The van der Waals surface area contributed by atoms with E-state index in [1.807, 2.05) is 43.6 Å². The van der Waals surface area contributed by atoms with Gasteiger partial charge < -0.3 is 15.3 Å². The molecule has 0 radical (unpaired) electrons. The summed E-state index contributed by atoms with van der Waals surface area (Å²) in [5.74, 6) is 0.0449. The number of amides is 1. The third kappa shape index (κ3) is 3.44. The summed E-state index contributed by atoms with van der Waals surface area (Å²) in [5, 5.41) is 5.39. The van der Waals surface area contributed by atoms with Crippen LogP contribution in [0.5, 0.6) is 0 Å². The second kappa shape index (κ2) is 8.16. The summed E-state index contributed by atoms with van der Waals surface area (Å²) in [7, 11) is 0. The van der Waals surface area contributed by atoms with Crippen molar-refractivity contribution in [1.82, 2.24) is 15.3 Å². The molecule has 3 N–H and O–H groups in total. The van der Waals surface area contributed by atoms with Crippen molar-refractivity contribution in [1.29, 1.82) is 0 Å². The summed E-state index contributed by atoms with van der Waals surface area (Å²) >= 11 is 0. The van der Waals surface area contributed by atoms with Crippen molar-refractivity contribution < 1.29 is 4.79 Å². The Balaban J connectivity index is 1.78. The van der Waals surface area contributed by atoms with Gasteiger partial charge in [0.1, 0.15) is 5.41 Å². The van der Waals surface area contributed by atoms with Crippen LogP contribution in [0.4, 0.5) is 0 Å². The van der Waals surface area contributed by atoms with Gasteiger partial charge in [0.25, 0.3) is 0 Å². The lowest BCUT2D eigenvalue weighted by Gasteiger charge is -2.28. The lowest BCUT2D eigenvalue weighted by Crippen LogP contribution is -2.43. The zero-order chi connectivity index (χ0) is 20.3. The summed E-state index contributed by atoms with van der Waals surface area (Å²) in [6.07, 6.45) is 8.53. The lowest BCUT2D eigenvalue weighted by atomic mass is 9.75. The van der Waals surface area contributed by atoms with Gasteiger partial charge in [-0.2, -0.15) is 0 Å². The number of hydrogen-bond donors (Lipinski definition) is 3. The fraction of sp³-hybridized carbons (Fsp3) is 0.320. The molecule has 4 rings (SSSR count). The van der Waals surface area contributed by atoms with E-state index in [1.54, 1.807) is 0 Å². The normalized spacial score (nSPS) is 11.9. The number of fused-ring (bicyclic) bond motifs is 2. The van der Waals surface area contributed by atoms with Crippen LogP contribution in [0, 0.1) is 0 Å². The molecule has 0 fully saturated rings. The Hall–Kier alpha value is -3.01. The van der Waals surface area contributed by atoms with Crippen LogP contribution in [0.1, 0.15) is 50.7 Å². The van der Waals surface area contributed by atoms with Gasteiger partial charge in [-0.05, 0) is 36.6 Å². The Kier molecular flexibility index (Phi) is 5.43. The van der Waals surface area contributed by atoms with Gasteiger partial charge in [-0.15, -0.1) is 0 Å². The fourth-order valence-electron chi connectivity index (χ4n) is 4.29. The van der Waals surface area contributed by atoms with E-state index in [0.29, 0.717) is 6.54 Å². The average molecular weight is 388 g/mol. The number of unbranched alkanes of at least 4 members (excludes halogenated alkanes) is 3. The van der Waals surface area contributed by atoms with Gasteiger partial charge in [0.15, 0.2) is 0 Å². The van der Waals surface area contributed by atoms with Crippen LogP contribution in [-0.2, 0) is 10.2 Å². The summed E-state index contributed by atoms with van der Waals surface area (Å²) in [6.45, 7) is 4.95. The Morgan fingerprint density at radius 2 is 1.41 bits per heavy atom. The number of carbonyl (C=O) groups is 1. The molecule has 0 aliphatic carbocycles. The minimum Gasteiger partial charge on any atom is -0.361 e. The number of nitrogens with one attached hydrogen (secondary N) is 3. The molecule has 0 saturated carbocycles. The zero-order valence-electron chi connectivity index (χ0n) is 17.2. The molecule has 4 aromatic rings. The van der Waals surface area contributed by atoms with Crippen molar-refractivity contribution in [3.05, 3.63) is 72.1 Å². The maximum absolute atomic E-state index is 13.6. The highest BCUT2D eigenvalue weighted by Gasteiger charge is 2.40. The van der Waals surface area contributed by atoms with Crippen molar-refractivity contribution in [3.8, 4) is 0 Å². The van der Waals surface area contributed by atoms with Crippen molar-refractivity contribution in [2.45, 2.75) is 44.9 Å². The highest BCUT2D eigenvalue weighted by Crippen LogP contribution is 2.40. The fourth-order valence-corrected chi connectivity index (χ4v) is 4.29. The summed E-state index contributed by atoms with van der Waals surface area (Å²) in [6, 6.07) is 16.4. The molecule has 4 nitrogen and oxygen atoms in total. The van der Waals surface area contributed by atoms with Crippen LogP contribution >= 0.6 is 0 Å². The minimum absolute atomic E-state index is 0.0449. The molecule has 29 heavy (non-hydrogen) atoms. The van der Waals surface area contributed by atoms with E-state index in [0.717, 1.165) is 45.8 Å². The molecule has 0 aliphatic rings. The molecule has 0 unspecified atom stereocenters. The van der Waals surface area contributed by atoms with Crippen LogP contribution in [0.2, 0.25) is 0 Å². The molecule has 1 amide bonds. The maximum atomic E-state index is 13.6. The zero-order valence-corrected chi connectivity index (χ0v) is 17.2. The van der Waals surface area contributed by atoms with Crippen LogP contribution in [-0.4, -0.2) is 22.4 Å². The van der Waals surface area contributed by atoms with Gasteiger partial charge in [0.05, 0.1) is 0 Å². The standard InChI is InChI=1S/C25H29N3O/c1-3-4-5-10-15-26-24(29)25(2,20-16-27-22-13-8-6-11-18(20)22)21-17-28-23-14-9-7-12-19(21)23/h6-9,11-14,16-17,27-28H,3-5,10,15H2,1-2H3,(H,26,29). The monoisotopic (exact) mass is 387 g/mol. The smallest absolute Gasteiger partial charge is 0.235 e. The average Bonchev–Trinajstić information content (AvgIpc) is 3.38. The number of carbonyl (C=O) groups excluding carboxylic acids is 1. The molecular formula is C25H29N3O. The Bertz CT molecular complexity index is 1050. The Morgan fingerprint density at radius 1 is 0.862 bits per heavy atom. The van der Waals surface area contributed by atoms with Gasteiger partial charge in [-0.3, -0.25) is 4.79 Å². The highest BCUT2D eigenvalue weighted by molar-refractivity contribution is 6.01. The summed E-state index contributed by atoms with van der Waals surface area (Å²) in [5.41, 5.74) is 3.30. The Labute approximate surface area is 171 Å². The molecule has 2 heterocycles. The van der Waals surface area contributed by atoms with E-state index in [1.165, 1.54) is 12.8 Å². The molecule has 150 valence electrons. The highest BCUT2D eigenvalue weighted by atomic mass is 16.2. The van der Waals surface area contributed by atoms with Crippen molar-refractivity contribution >= 4 is 27.7 Å². The summed E-state index contributed by atoms with van der Waals surface area (Å²) in [4.78, 5) is 20.3. The number of aromatic nitrogens is 2. The van der Waals surface area contributed by atoms with E-state index in [2.05, 4.69) is 46.5 Å². The SMILES string of the molecule is CCCCCCNC(=O)C(C)(c1c[nH]c2ccccc12)c1c[nH]c2ccccc12. The number of rotatable bonds is 8. The second-order valence-corrected chi connectivity index (χ2v) is 7.94. The first kappa shape index (κ1) is 19.3. The Morgan fingerprint density at radius 3 is 1.97 bits per heavy atom. The molecule has 0 bridgehead atoms. The molecule has 0 aliphatic heterocycles. The van der Waals surface area contributed by atoms with Crippen molar-refractivity contribution in [2.75, 3.05) is 6.54 Å². The topological polar surface area (TPSA) is 60.7 Å². The van der Waals surface area contributed by atoms with Crippen molar-refractivity contribution in [3.63, 3.8) is 0 Å². The van der Waals surface area contributed by atoms with Gasteiger partial charge in [-0.25, -0.2) is 0 Å². The van der Waals surface area contributed by atoms with Gasteiger partial charge in [0, 0.05) is 40.7 Å². The molecule has 0 atom stereocenters. The second-order valence-electron chi connectivity index (χ2n) is 7.94. The van der Waals surface area contributed by atoms with E-state index < -0.39 is 5.41 Å². The molecule has 2 aromatic carbocycles. The van der Waals surface area contributed by atoms with Crippen LogP contribution in [0.25, 0.3) is 21.8 Å². The molecule has 0 spiro atoms.